The Balaban J connectivity index is 1.87. The maximum absolute atomic E-state index is 13.5. The van der Waals surface area contributed by atoms with Crippen LogP contribution in [0.5, 0.6) is 5.75 Å². The zero-order valence-electron chi connectivity index (χ0n) is 16.1. The van der Waals surface area contributed by atoms with Crippen molar-refractivity contribution >= 4 is 17.6 Å². The summed E-state index contributed by atoms with van der Waals surface area (Å²) in [6.45, 7) is 1.73. The van der Waals surface area contributed by atoms with E-state index in [4.69, 9.17) is 4.74 Å². The van der Waals surface area contributed by atoms with Gasteiger partial charge in [0.1, 0.15) is 11.8 Å². The molecule has 0 aromatic heterocycles. The van der Waals surface area contributed by atoms with Gasteiger partial charge < -0.3 is 15.4 Å². The predicted molar refractivity (Wildman–Crippen MR) is 102 cm³/mol. The molecule has 154 valence electrons. The van der Waals surface area contributed by atoms with E-state index in [1.807, 2.05) is 0 Å². The molecule has 0 fully saturated rings. The maximum atomic E-state index is 13.5. The van der Waals surface area contributed by atoms with E-state index in [1.54, 1.807) is 24.3 Å². The Kier molecular flexibility index (Phi) is 7.82. The summed E-state index contributed by atoms with van der Waals surface area (Å²) in [5.74, 6) is -2.59. The number of benzene rings is 2. The standard InChI is InChI=1S/C21H22F2N2O4/c1-13(26)14-5-8-16(9-6-14)29-11-3-4-19(27)25-20(21(28)24-2)15-7-10-17(22)18(23)12-15/h5-10,12,20H,3-4,11H2,1-2H3,(H,24,28)(H,25,27). The number of ether oxygens (including phenoxy) is 1. The van der Waals surface area contributed by atoms with Crippen molar-refractivity contribution in [1.29, 1.82) is 0 Å². The number of rotatable bonds is 9. The van der Waals surface area contributed by atoms with Crippen LogP contribution in [-0.2, 0) is 9.59 Å². The van der Waals surface area contributed by atoms with Crippen molar-refractivity contribution in [2.45, 2.75) is 25.8 Å². The van der Waals surface area contributed by atoms with Crippen LogP contribution < -0.4 is 15.4 Å². The third-order valence-electron chi connectivity index (χ3n) is 4.17. The van der Waals surface area contributed by atoms with Crippen LogP contribution in [0.2, 0.25) is 0 Å². The molecule has 0 bridgehead atoms. The van der Waals surface area contributed by atoms with E-state index >= 15 is 0 Å². The Bertz CT molecular complexity index is 885. The molecule has 0 heterocycles. The second-order valence-corrected chi connectivity index (χ2v) is 6.32. The lowest BCUT2D eigenvalue weighted by Crippen LogP contribution is -2.39. The SMILES string of the molecule is CNC(=O)C(NC(=O)CCCOc1ccc(C(C)=O)cc1)c1ccc(F)c(F)c1. The third-order valence-corrected chi connectivity index (χ3v) is 4.17. The minimum absolute atomic E-state index is 0.0417. The lowest BCUT2D eigenvalue weighted by Gasteiger charge is -2.18. The highest BCUT2D eigenvalue weighted by molar-refractivity contribution is 5.94. The zero-order valence-corrected chi connectivity index (χ0v) is 16.1. The summed E-state index contributed by atoms with van der Waals surface area (Å²) < 4.78 is 32.1. The summed E-state index contributed by atoms with van der Waals surface area (Å²) in [6.07, 6.45) is 0.446. The van der Waals surface area contributed by atoms with Crippen molar-refractivity contribution in [2.75, 3.05) is 13.7 Å². The molecule has 1 atom stereocenters. The lowest BCUT2D eigenvalue weighted by molar-refractivity contribution is -0.129. The van der Waals surface area contributed by atoms with Gasteiger partial charge in [0.25, 0.3) is 0 Å². The van der Waals surface area contributed by atoms with Crippen LogP contribution in [0.3, 0.4) is 0 Å². The summed E-state index contributed by atoms with van der Waals surface area (Å²) in [5.41, 5.74) is 0.715. The van der Waals surface area contributed by atoms with Gasteiger partial charge in [-0.2, -0.15) is 0 Å². The lowest BCUT2D eigenvalue weighted by atomic mass is 10.1. The van der Waals surface area contributed by atoms with Crippen LogP contribution in [0.1, 0.15) is 41.7 Å². The topological polar surface area (TPSA) is 84.5 Å². The Morgan fingerprint density at radius 3 is 2.31 bits per heavy atom. The molecule has 0 aliphatic heterocycles. The van der Waals surface area contributed by atoms with Crippen molar-refractivity contribution in [3.05, 3.63) is 65.2 Å². The average molecular weight is 404 g/mol. The van der Waals surface area contributed by atoms with Crippen LogP contribution in [-0.4, -0.2) is 31.3 Å². The molecular formula is C21H22F2N2O4. The van der Waals surface area contributed by atoms with E-state index in [2.05, 4.69) is 10.6 Å². The van der Waals surface area contributed by atoms with Gasteiger partial charge in [-0.15, -0.1) is 0 Å². The van der Waals surface area contributed by atoms with E-state index in [1.165, 1.54) is 20.0 Å². The second kappa shape index (κ2) is 10.3. The molecule has 1 unspecified atom stereocenters. The maximum Gasteiger partial charge on any atom is 0.246 e. The van der Waals surface area contributed by atoms with Gasteiger partial charge >= 0.3 is 0 Å². The fourth-order valence-corrected chi connectivity index (χ4v) is 2.58. The molecule has 2 N–H and O–H groups in total. The zero-order chi connectivity index (χ0) is 21.4. The number of carbonyl (C=O) groups is 3. The Morgan fingerprint density at radius 1 is 1.03 bits per heavy atom. The number of hydrogen-bond acceptors (Lipinski definition) is 4. The monoisotopic (exact) mass is 404 g/mol. The van der Waals surface area contributed by atoms with Gasteiger partial charge in [-0.3, -0.25) is 14.4 Å². The van der Waals surface area contributed by atoms with E-state index in [-0.39, 0.29) is 24.4 Å². The van der Waals surface area contributed by atoms with E-state index in [9.17, 15) is 23.2 Å². The van der Waals surface area contributed by atoms with Gasteiger partial charge in [-0.05, 0) is 55.3 Å². The largest absolute Gasteiger partial charge is 0.494 e. The number of hydrogen-bond donors (Lipinski definition) is 2. The molecule has 2 amide bonds. The van der Waals surface area contributed by atoms with Crippen LogP contribution in [0.15, 0.2) is 42.5 Å². The summed E-state index contributed by atoms with van der Waals surface area (Å²) in [6, 6.07) is 8.53. The summed E-state index contributed by atoms with van der Waals surface area (Å²) in [7, 11) is 1.38. The first-order valence-electron chi connectivity index (χ1n) is 9.01. The summed E-state index contributed by atoms with van der Waals surface area (Å²) >= 11 is 0. The number of nitrogens with one attached hydrogen (secondary N) is 2. The smallest absolute Gasteiger partial charge is 0.246 e. The van der Waals surface area contributed by atoms with Crippen molar-refractivity contribution in [1.82, 2.24) is 10.6 Å². The highest BCUT2D eigenvalue weighted by Gasteiger charge is 2.22. The Morgan fingerprint density at radius 2 is 1.72 bits per heavy atom. The fraction of sp³-hybridized carbons (Fsp3) is 0.286. The number of halogens is 2. The van der Waals surface area contributed by atoms with Crippen LogP contribution >= 0.6 is 0 Å². The predicted octanol–water partition coefficient (Wildman–Crippen LogP) is 2.93. The van der Waals surface area contributed by atoms with Gasteiger partial charge in [-0.1, -0.05) is 6.07 Å². The molecule has 0 spiro atoms. The van der Waals surface area contributed by atoms with Gasteiger partial charge in [0, 0.05) is 19.0 Å². The van der Waals surface area contributed by atoms with E-state index < -0.39 is 29.5 Å². The average Bonchev–Trinajstić information content (AvgIpc) is 2.71. The van der Waals surface area contributed by atoms with Crippen molar-refractivity contribution in [3.8, 4) is 5.75 Å². The van der Waals surface area contributed by atoms with Crippen molar-refractivity contribution in [2.24, 2.45) is 0 Å². The summed E-state index contributed by atoms with van der Waals surface area (Å²) in [4.78, 5) is 35.5. The molecule has 2 aromatic rings. The van der Waals surface area contributed by atoms with Gasteiger partial charge in [0.15, 0.2) is 17.4 Å². The third kappa shape index (κ3) is 6.38. The van der Waals surface area contributed by atoms with Crippen molar-refractivity contribution < 1.29 is 27.9 Å². The van der Waals surface area contributed by atoms with Gasteiger partial charge in [-0.25, -0.2) is 8.78 Å². The number of likely N-dealkylation sites (N-methyl/N-ethyl adjacent to an activating group) is 1. The van der Waals surface area contributed by atoms with Crippen LogP contribution in [0, 0.1) is 11.6 Å². The Hall–Kier alpha value is -3.29. The van der Waals surface area contributed by atoms with Crippen LogP contribution in [0.4, 0.5) is 8.78 Å². The number of Topliss-reactive ketones (excluding diaryl/α,β-unsaturated/α-hetero) is 1. The molecule has 6 nitrogen and oxygen atoms in total. The first kappa shape index (κ1) is 22.0. The minimum Gasteiger partial charge on any atom is -0.494 e. The molecule has 0 saturated heterocycles. The molecule has 29 heavy (non-hydrogen) atoms. The number of amides is 2. The molecule has 0 aliphatic carbocycles. The number of ketones is 1. The van der Waals surface area contributed by atoms with E-state index in [0.29, 0.717) is 17.7 Å². The fourth-order valence-electron chi connectivity index (χ4n) is 2.58. The van der Waals surface area contributed by atoms with Crippen molar-refractivity contribution in [3.63, 3.8) is 0 Å². The molecule has 0 radical (unpaired) electrons. The van der Waals surface area contributed by atoms with Crippen LogP contribution in [0.25, 0.3) is 0 Å². The van der Waals surface area contributed by atoms with Gasteiger partial charge in [0.2, 0.25) is 11.8 Å². The highest BCUT2D eigenvalue weighted by atomic mass is 19.2. The molecular weight excluding hydrogens is 382 g/mol. The number of carbonyl (C=O) groups excluding carboxylic acids is 3. The highest BCUT2D eigenvalue weighted by Crippen LogP contribution is 2.17. The molecule has 2 rings (SSSR count). The Labute approximate surface area is 167 Å². The second-order valence-electron chi connectivity index (χ2n) is 6.32. The normalized spacial score (nSPS) is 11.4. The van der Waals surface area contributed by atoms with E-state index in [0.717, 1.165) is 12.1 Å². The molecule has 0 saturated carbocycles. The first-order chi connectivity index (χ1) is 13.8. The molecule has 8 heteroatoms. The van der Waals surface area contributed by atoms with Gasteiger partial charge in [0.05, 0.1) is 6.61 Å². The first-order valence-corrected chi connectivity index (χ1v) is 9.01. The summed E-state index contributed by atoms with van der Waals surface area (Å²) in [5, 5.41) is 4.90. The quantitative estimate of drug-likeness (QED) is 0.497. The molecule has 0 aliphatic rings. The minimum atomic E-state index is -1.14. The molecule has 2 aromatic carbocycles.